The van der Waals surface area contributed by atoms with E-state index in [9.17, 15) is 4.79 Å². The normalized spacial score (nSPS) is 14.4. The van der Waals surface area contributed by atoms with Crippen molar-refractivity contribution < 1.29 is 9.90 Å². The van der Waals surface area contributed by atoms with Crippen LogP contribution in [-0.2, 0) is 18.3 Å². The van der Waals surface area contributed by atoms with Gasteiger partial charge in [-0.1, -0.05) is 6.92 Å². The lowest BCUT2D eigenvalue weighted by molar-refractivity contribution is -0.142. The molecular formula is C19H22N6O2. The maximum Gasteiger partial charge on any atom is 0.310 e. The van der Waals surface area contributed by atoms with Gasteiger partial charge in [-0.05, 0) is 18.1 Å². The molecule has 140 valence electrons. The Morgan fingerprint density at radius 3 is 2.74 bits per heavy atom. The van der Waals surface area contributed by atoms with Gasteiger partial charge in [0.1, 0.15) is 17.2 Å². The number of hydrogen-bond acceptors (Lipinski definition) is 6. The molecule has 0 atom stereocenters. The second-order valence-electron chi connectivity index (χ2n) is 6.91. The average molecular weight is 366 g/mol. The fourth-order valence-electron chi connectivity index (χ4n) is 3.38. The van der Waals surface area contributed by atoms with E-state index in [1.807, 2.05) is 46.8 Å². The van der Waals surface area contributed by atoms with Crippen LogP contribution in [0, 0.1) is 5.92 Å². The van der Waals surface area contributed by atoms with E-state index in [4.69, 9.17) is 5.11 Å². The second kappa shape index (κ2) is 6.53. The number of aryl methyl sites for hydroxylation is 2. The molecule has 0 bridgehead atoms. The third-order valence-electron chi connectivity index (χ3n) is 5.19. The number of nitrogens with zero attached hydrogens (tertiary/aromatic N) is 6. The van der Waals surface area contributed by atoms with Gasteiger partial charge in [-0.3, -0.25) is 4.79 Å². The van der Waals surface area contributed by atoms with E-state index >= 15 is 0 Å². The zero-order chi connectivity index (χ0) is 19.1. The number of anilines is 3. The molecule has 4 rings (SSSR count). The van der Waals surface area contributed by atoms with Gasteiger partial charge in [-0.15, -0.1) is 0 Å². The summed E-state index contributed by atoms with van der Waals surface area (Å²) in [5.41, 5.74) is 4.03. The maximum atomic E-state index is 11.0. The van der Waals surface area contributed by atoms with E-state index in [2.05, 4.69) is 21.9 Å². The number of pyridine rings is 2. The zero-order valence-electron chi connectivity index (χ0n) is 15.6. The highest BCUT2D eigenvalue weighted by molar-refractivity contribution is 5.79. The molecule has 8 nitrogen and oxygen atoms in total. The highest BCUT2D eigenvalue weighted by Gasteiger charge is 2.33. The van der Waals surface area contributed by atoms with E-state index in [-0.39, 0.29) is 5.92 Å². The molecule has 0 unspecified atom stereocenters. The Morgan fingerprint density at radius 1 is 1.26 bits per heavy atom. The fourth-order valence-corrected chi connectivity index (χ4v) is 3.38. The number of carboxylic acid groups (broad SMARTS) is 1. The summed E-state index contributed by atoms with van der Waals surface area (Å²) < 4.78 is 1.97. The van der Waals surface area contributed by atoms with E-state index in [1.54, 1.807) is 12.5 Å². The van der Waals surface area contributed by atoms with Crippen LogP contribution in [0.4, 0.5) is 17.3 Å². The van der Waals surface area contributed by atoms with Gasteiger partial charge in [0.2, 0.25) is 0 Å². The fraction of sp³-hybridized carbons (Fsp3) is 0.368. The second-order valence-corrected chi connectivity index (χ2v) is 6.91. The number of carbonyl (C=O) groups is 1. The molecule has 0 aromatic carbocycles. The molecule has 1 aliphatic rings. The van der Waals surface area contributed by atoms with Crippen LogP contribution in [0.25, 0.3) is 11.0 Å². The third kappa shape index (κ3) is 2.97. The average Bonchev–Trinajstić information content (AvgIpc) is 3.00. The number of fused-ring (bicyclic) bond motifs is 1. The molecule has 27 heavy (non-hydrogen) atoms. The predicted octanol–water partition coefficient (Wildman–Crippen LogP) is 2.21. The molecule has 0 amide bonds. The Kier molecular flexibility index (Phi) is 4.18. The summed E-state index contributed by atoms with van der Waals surface area (Å²) in [5, 5.41) is 9.05. The quantitative estimate of drug-likeness (QED) is 0.741. The molecule has 3 aromatic heterocycles. The highest BCUT2D eigenvalue weighted by atomic mass is 16.4. The third-order valence-corrected chi connectivity index (χ3v) is 5.19. The Balaban J connectivity index is 1.62. The Morgan fingerprint density at radius 2 is 2.04 bits per heavy atom. The van der Waals surface area contributed by atoms with Crippen molar-refractivity contribution in [3.63, 3.8) is 0 Å². The Hall–Kier alpha value is -3.16. The molecule has 4 heterocycles. The van der Waals surface area contributed by atoms with Crippen molar-refractivity contribution in [3.05, 3.63) is 36.4 Å². The molecule has 0 spiro atoms. The minimum atomic E-state index is -0.741. The molecule has 1 aliphatic heterocycles. The number of aromatic nitrogens is 4. The van der Waals surface area contributed by atoms with E-state index < -0.39 is 5.97 Å². The number of imidazole rings is 1. The SMILES string of the molecule is CCc1cc(N2CC(C(=O)O)C2)ncc1N(C)c1cc2c(cn1)ncn2C. The minimum absolute atomic E-state index is 0.297. The standard InChI is InChI=1S/C19H22N6O2/c1-4-12-5-18(25-9-13(10-25)19(26)27)21-8-16(12)24(3)17-6-15-14(7-20-17)22-11-23(15)2/h5-8,11,13H,4,9-10H2,1-3H3,(H,26,27). The van der Waals surface area contributed by atoms with Crippen LogP contribution in [0.2, 0.25) is 0 Å². The largest absolute Gasteiger partial charge is 0.481 e. The van der Waals surface area contributed by atoms with Crippen molar-refractivity contribution in [2.75, 3.05) is 29.9 Å². The van der Waals surface area contributed by atoms with Gasteiger partial charge in [0.25, 0.3) is 0 Å². The smallest absolute Gasteiger partial charge is 0.310 e. The van der Waals surface area contributed by atoms with Crippen molar-refractivity contribution >= 4 is 34.3 Å². The number of hydrogen-bond donors (Lipinski definition) is 1. The van der Waals surface area contributed by atoms with Gasteiger partial charge in [0.05, 0.1) is 35.8 Å². The van der Waals surface area contributed by atoms with Crippen molar-refractivity contribution in [2.24, 2.45) is 13.0 Å². The lowest BCUT2D eigenvalue weighted by Crippen LogP contribution is -2.50. The van der Waals surface area contributed by atoms with Gasteiger partial charge >= 0.3 is 5.97 Å². The first-order valence-corrected chi connectivity index (χ1v) is 8.95. The summed E-state index contributed by atoms with van der Waals surface area (Å²) in [6.07, 6.45) is 6.25. The molecule has 3 aromatic rings. The maximum absolute atomic E-state index is 11.0. The molecule has 1 fully saturated rings. The van der Waals surface area contributed by atoms with Crippen LogP contribution in [0.1, 0.15) is 12.5 Å². The summed E-state index contributed by atoms with van der Waals surface area (Å²) in [4.78, 5) is 28.5. The summed E-state index contributed by atoms with van der Waals surface area (Å²) in [5.74, 6) is 0.616. The molecule has 0 aliphatic carbocycles. The van der Waals surface area contributed by atoms with Crippen LogP contribution in [0.3, 0.4) is 0 Å². The van der Waals surface area contributed by atoms with Crippen LogP contribution in [0.5, 0.6) is 0 Å². The van der Waals surface area contributed by atoms with Gasteiger partial charge in [0, 0.05) is 33.3 Å². The first kappa shape index (κ1) is 17.3. The van der Waals surface area contributed by atoms with Crippen LogP contribution in [0.15, 0.2) is 30.9 Å². The molecule has 0 saturated carbocycles. The summed E-state index contributed by atoms with van der Waals surface area (Å²) in [6.45, 7) is 3.13. The molecular weight excluding hydrogens is 344 g/mol. The Bertz CT molecular complexity index is 1010. The summed E-state index contributed by atoms with van der Waals surface area (Å²) in [6, 6.07) is 4.06. The van der Waals surface area contributed by atoms with Gasteiger partial charge in [0.15, 0.2) is 0 Å². The molecule has 1 saturated heterocycles. The highest BCUT2D eigenvalue weighted by Crippen LogP contribution is 2.31. The van der Waals surface area contributed by atoms with Gasteiger partial charge in [-0.25, -0.2) is 15.0 Å². The summed E-state index contributed by atoms with van der Waals surface area (Å²) >= 11 is 0. The van der Waals surface area contributed by atoms with Crippen LogP contribution in [-0.4, -0.2) is 50.7 Å². The molecule has 1 N–H and O–H groups in total. The van der Waals surface area contributed by atoms with E-state index in [1.165, 1.54) is 0 Å². The number of rotatable bonds is 5. The van der Waals surface area contributed by atoms with E-state index in [0.29, 0.717) is 13.1 Å². The predicted molar refractivity (Wildman–Crippen MR) is 104 cm³/mol. The first-order valence-electron chi connectivity index (χ1n) is 8.95. The first-order chi connectivity index (χ1) is 13.0. The monoisotopic (exact) mass is 366 g/mol. The van der Waals surface area contributed by atoms with Crippen molar-refractivity contribution in [3.8, 4) is 0 Å². The minimum Gasteiger partial charge on any atom is -0.481 e. The van der Waals surface area contributed by atoms with Crippen molar-refractivity contribution in [1.29, 1.82) is 0 Å². The van der Waals surface area contributed by atoms with Crippen molar-refractivity contribution in [1.82, 2.24) is 19.5 Å². The molecule has 8 heteroatoms. The summed E-state index contributed by atoms with van der Waals surface area (Å²) in [7, 11) is 3.94. The lowest BCUT2D eigenvalue weighted by Gasteiger charge is -2.38. The van der Waals surface area contributed by atoms with E-state index in [0.717, 1.165) is 40.3 Å². The van der Waals surface area contributed by atoms with Gasteiger partial charge < -0.3 is 19.5 Å². The Labute approximate surface area is 157 Å². The zero-order valence-corrected chi connectivity index (χ0v) is 15.6. The van der Waals surface area contributed by atoms with Gasteiger partial charge in [-0.2, -0.15) is 0 Å². The number of carboxylic acids is 1. The lowest BCUT2D eigenvalue weighted by atomic mass is 10.00. The molecule has 0 radical (unpaired) electrons. The van der Waals surface area contributed by atoms with Crippen molar-refractivity contribution in [2.45, 2.75) is 13.3 Å². The topological polar surface area (TPSA) is 87.4 Å². The van der Waals surface area contributed by atoms with Crippen LogP contribution >= 0.6 is 0 Å². The van der Waals surface area contributed by atoms with Crippen LogP contribution < -0.4 is 9.80 Å². The number of aliphatic carboxylic acids is 1.